The van der Waals surface area contributed by atoms with Crippen LogP contribution in [-0.4, -0.2) is 13.0 Å². The minimum atomic E-state index is -0.403. The molecule has 2 aromatic carbocycles. The molecular formula is C13H13NO2. The second kappa shape index (κ2) is 4.33. The van der Waals surface area contributed by atoms with Gasteiger partial charge in [-0.2, -0.15) is 0 Å². The first kappa shape index (κ1) is 10.6. The highest BCUT2D eigenvalue weighted by Gasteiger charge is 2.08. The Morgan fingerprint density at radius 2 is 1.88 bits per heavy atom. The molecule has 0 aromatic heterocycles. The van der Waals surface area contributed by atoms with Gasteiger partial charge >= 0.3 is 0 Å². The van der Waals surface area contributed by atoms with Crippen molar-refractivity contribution in [1.29, 1.82) is 0 Å². The van der Waals surface area contributed by atoms with Crippen LogP contribution in [0.15, 0.2) is 36.4 Å². The van der Waals surface area contributed by atoms with Crippen molar-refractivity contribution in [3.05, 3.63) is 47.5 Å². The summed E-state index contributed by atoms with van der Waals surface area (Å²) in [7, 11) is 1.65. The Labute approximate surface area is 93.8 Å². The number of carbonyl (C=O) groups excluding carboxylic acids is 1. The number of hydrogen-bond acceptors (Lipinski definition) is 2. The van der Waals surface area contributed by atoms with Crippen LogP contribution in [0.4, 0.5) is 0 Å². The minimum Gasteiger partial charge on any atom is -0.380 e. The lowest BCUT2D eigenvalue weighted by molar-refractivity contribution is 0.100. The Kier molecular flexibility index (Phi) is 2.88. The Morgan fingerprint density at radius 1 is 1.19 bits per heavy atom. The van der Waals surface area contributed by atoms with Crippen LogP contribution in [-0.2, 0) is 11.3 Å². The van der Waals surface area contributed by atoms with E-state index in [-0.39, 0.29) is 0 Å². The minimum absolute atomic E-state index is 0.403. The first-order valence-electron chi connectivity index (χ1n) is 5.03. The summed E-state index contributed by atoms with van der Waals surface area (Å²) < 4.78 is 5.12. The van der Waals surface area contributed by atoms with E-state index in [1.165, 1.54) is 0 Å². The van der Waals surface area contributed by atoms with Gasteiger partial charge in [0.1, 0.15) is 0 Å². The zero-order chi connectivity index (χ0) is 11.5. The van der Waals surface area contributed by atoms with Crippen molar-refractivity contribution in [2.24, 2.45) is 5.73 Å². The molecule has 2 rings (SSSR count). The number of primary amides is 1. The zero-order valence-corrected chi connectivity index (χ0v) is 9.07. The summed E-state index contributed by atoms with van der Waals surface area (Å²) in [6.45, 7) is 0.527. The fourth-order valence-electron chi connectivity index (χ4n) is 1.86. The fourth-order valence-corrected chi connectivity index (χ4v) is 1.86. The van der Waals surface area contributed by atoms with E-state index >= 15 is 0 Å². The van der Waals surface area contributed by atoms with Crippen LogP contribution in [0.5, 0.6) is 0 Å². The molecule has 16 heavy (non-hydrogen) atoms. The molecule has 2 aromatic rings. The molecule has 0 aliphatic carbocycles. The molecule has 0 bridgehead atoms. The van der Waals surface area contributed by atoms with Crippen molar-refractivity contribution in [3.8, 4) is 0 Å². The number of benzene rings is 2. The maximum Gasteiger partial charge on any atom is 0.249 e. The van der Waals surface area contributed by atoms with Crippen molar-refractivity contribution in [2.75, 3.05) is 7.11 Å². The topological polar surface area (TPSA) is 52.3 Å². The number of carbonyl (C=O) groups is 1. The van der Waals surface area contributed by atoms with Gasteiger partial charge in [-0.15, -0.1) is 0 Å². The van der Waals surface area contributed by atoms with Crippen LogP contribution < -0.4 is 5.73 Å². The lowest BCUT2D eigenvalue weighted by Gasteiger charge is -2.08. The first-order chi connectivity index (χ1) is 7.74. The highest BCUT2D eigenvalue weighted by Crippen LogP contribution is 2.23. The van der Waals surface area contributed by atoms with Crippen molar-refractivity contribution in [1.82, 2.24) is 0 Å². The van der Waals surface area contributed by atoms with Gasteiger partial charge < -0.3 is 10.5 Å². The smallest absolute Gasteiger partial charge is 0.249 e. The van der Waals surface area contributed by atoms with Crippen LogP contribution in [0, 0.1) is 0 Å². The lowest BCUT2D eigenvalue weighted by Crippen LogP contribution is -2.11. The fraction of sp³-hybridized carbons (Fsp3) is 0.154. The summed E-state index contributed by atoms with van der Waals surface area (Å²) in [5.41, 5.74) is 6.94. The highest BCUT2D eigenvalue weighted by atomic mass is 16.5. The highest BCUT2D eigenvalue weighted by molar-refractivity contribution is 6.07. The van der Waals surface area contributed by atoms with Crippen LogP contribution in [0.2, 0.25) is 0 Å². The molecule has 0 saturated heterocycles. The van der Waals surface area contributed by atoms with Crippen molar-refractivity contribution in [2.45, 2.75) is 6.61 Å². The molecule has 3 nitrogen and oxygen atoms in total. The van der Waals surface area contributed by atoms with Crippen molar-refractivity contribution < 1.29 is 9.53 Å². The van der Waals surface area contributed by atoms with Gasteiger partial charge in [0, 0.05) is 12.7 Å². The third-order valence-electron chi connectivity index (χ3n) is 2.58. The number of nitrogens with two attached hydrogens (primary N) is 1. The molecule has 0 unspecified atom stereocenters. The van der Waals surface area contributed by atoms with E-state index in [9.17, 15) is 4.79 Å². The predicted octanol–water partition coefficient (Wildman–Crippen LogP) is 2.09. The van der Waals surface area contributed by atoms with E-state index in [1.807, 2.05) is 30.3 Å². The van der Waals surface area contributed by atoms with Crippen LogP contribution >= 0.6 is 0 Å². The average Bonchev–Trinajstić information content (AvgIpc) is 2.29. The summed E-state index contributed by atoms with van der Waals surface area (Å²) in [4.78, 5) is 11.3. The Balaban J connectivity index is 2.71. The molecule has 0 spiro atoms. The SMILES string of the molecule is COCc1ccc(C(N)=O)c2ccccc12. The molecule has 0 saturated carbocycles. The third-order valence-corrected chi connectivity index (χ3v) is 2.58. The Morgan fingerprint density at radius 3 is 2.50 bits per heavy atom. The number of rotatable bonds is 3. The molecule has 2 N–H and O–H groups in total. The second-order valence-electron chi connectivity index (χ2n) is 3.62. The van der Waals surface area contributed by atoms with Gasteiger partial charge in [0.15, 0.2) is 0 Å². The second-order valence-corrected chi connectivity index (χ2v) is 3.62. The first-order valence-corrected chi connectivity index (χ1v) is 5.03. The molecule has 0 aliphatic heterocycles. The van der Waals surface area contributed by atoms with Crippen LogP contribution in [0.25, 0.3) is 10.8 Å². The summed E-state index contributed by atoms with van der Waals surface area (Å²) >= 11 is 0. The van der Waals surface area contributed by atoms with E-state index < -0.39 is 5.91 Å². The van der Waals surface area contributed by atoms with Crippen molar-refractivity contribution >= 4 is 16.7 Å². The number of hydrogen-bond donors (Lipinski definition) is 1. The molecule has 82 valence electrons. The van der Waals surface area contributed by atoms with Gasteiger partial charge in [0.25, 0.3) is 0 Å². The van der Waals surface area contributed by atoms with E-state index in [1.54, 1.807) is 13.2 Å². The van der Waals surface area contributed by atoms with Gasteiger partial charge in [0.05, 0.1) is 6.61 Å². The molecule has 3 heteroatoms. The Hall–Kier alpha value is -1.87. The van der Waals surface area contributed by atoms with E-state index in [0.29, 0.717) is 12.2 Å². The van der Waals surface area contributed by atoms with Gasteiger partial charge in [-0.1, -0.05) is 30.3 Å². The molecular weight excluding hydrogens is 202 g/mol. The Bertz CT molecular complexity index is 534. The largest absolute Gasteiger partial charge is 0.380 e. The van der Waals surface area contributed by atoms with Gasteiger partial charge in [0.2, 0.25) is 5.91 Å². The van der Waals surface area contributed by atoms with E-state index in [4.69, 9.17) is 10.5 Å². The summed E-state index contributed by atoms with van der Waals surface area (Å²) in [5, 5.41) is 1.89. The molecule has 0 heterocycles. The lowest BCUT2D eigenvalue weighted by atomic mass is 9.99. The zero-order valence-electron chi connectivity index (χ0n) is 9.07. The number of methoxy groups -OCH3 is 1. The maximum atomic E-state index is 11.3. The van der Waals surface area contributed by atoms with E-state index in [2.05, 4.69) is 0 Å². The number of amides is 1. The average molecular weight is 215 g/mol. The van der Waals surface area contributed by atoms with Crippen molar-refractivity contribution in [3.63, 3.8) is 0 Å². The molecule has 0 aliphatic rings. The molecule has 0 fully saturated rings. The van der Waals surface area contributed by atoms with Gasteiger partial charge in [-0.3, -0.25) is 4.79 Å². The van der Waals surface area contributed by atoms with Gasteiger partial charge in [-0.05, 0) is 22.4 Å². The maximum absolute atomic E-state index is 11.3. The summed E-state index contributed by atoms with van der Waals surface area (Å²) in [6.07, 6.45) is 0. The summed E-state index contributed by atoms with van der Waals surface area (Å²) in [5.74, 6) is -0.403. The third kappa shape index (κ3) is 1.77. The standard InChI is InChI=1S/C13H13NO2/c1-16-8-9-6-7-12(13(14)15)11-5-3-2-4-10(9)11/h2-7H,8H2,1H3,(H2,14,15). The molecule has 1 amide bonds. The monoisotopic (exact) mass is 215 g/mol. The predicted molar refractivity (Wildman–Crippen MR) is 63.2 cm³/mol. The quantitative estimate of drug-likeness (QED) is 0.852. The van der Waals surface area contributed by atoms with Crippen LogP contribution in [0.1, 0.15) is 15.9 Å². The van der Waals surface area contributed by atoms with Gasteiger partial charge in [-0.25, -0.2) is 0 Å². The summed E-state index contributed by atoms with van der Waals surface area (Å²) in [6, 6.07) is 11.3. The molecule has 0 atom stereocenters. The van der Waals surface area contributed by atoms with E-state index in [0.717, 1.165) is 16.3 Å². The normalized spacial score (nSPS) is 10.6. The number of fused-ring (bicyclic) bond motifs is 1. The number of ether oxygens (including phenoxy) is 1. The van der Waals surface area contributed by atoms with Crippen LogP contribution in [0.3, 0.4) is 0 Å². The molecule has 0 radical (unpaired) electrons.